The first-order valence-corrected chi connectivity index (χ1v) is 7.79. The molecule has 19 heavy (non-hydrogen) atoms. The molecule has 2 rings (SSSR count). The Morgan fingerprint density at radius 2 is 2.05 bits per heavy atom. The third-order valence-electron chi connectivity index (χ3n) is 5.27. The fourth-order valence-electron chi connectivity index (χ4n) is 3.65. The van der Waals surface area contributed by atoms with Gasteiger partial charge in [-0.3, -0.25) is 4.79 Å². The number of hydrogen-bond donors (Lipinski definition) is 0. The van der Waals surface area contributed by atoms with Gasteiger partial charge in [0.05, 0.1) is 5.60 Å². The van der Waals surface area contributed by atoms with Gasteiger partial charge >= 0.3 is 0 Å². The minimum absolute atomic E-state index is 0.000774. The molecule has 0 aromatic heterocycles. The van der Waals surface area contributed by atoms with Gasteiger partial charge in [-0.15, -0.1) is 0 Å². The smallest absolute Gasteiger partial charge is 0.167 e. The van der Waals surface area contributed by atoms with Gasteiger partial charge in [0.25, 0.3) is 0 Å². The number of hydrogen-bond acceptors (Lipinski definition) is 3. The maximum Gasteiger partial charge on any atom is 0.167 e. The SMILES string of the molecule is CCC(C)(OC)C(=O)C1CCOC2(CCCCC2)C1. The Balaban J connectivity index is 2.06. The molecule has 0 aromatic carbocycles. The second-order valence-corrected chi connectivity index (χ2v) is 6.43. The van der Waals surface area contributed by atoms with Crippen LogP contribution in [0.25, 0.3) is 0 Å². The zero-order valence-electron chi connectivity index (χ0n) is 12.7. The molecule has 2 atom stereocenters. The Kier molecular flexibility index (Phi) is 4.67. The third-order valence-corrected chi connectivity index (χ3v) is 5.27. The van der Waals surface area contributed by atoms with E-state index in [1.54, 1.807) is 7.11 Å². The summed E-state index contributed by atoms with van der Waals surface area (Å²) < 4.78 is 11.6. The molecule has 3 nitrogen and oxygen atoms in total. The summed E-state index contributed by atoms with van der Waals surface area (Å²) in [5.74, 6) is 0.405. The van der Waals surface area contributed by atoms with Crippen LogP contribution in [0, 0.1) is 5.92 Å². The zero-order chi connectivity index (χ0) is 13.9. The lowest BCUT2D eigenvalue weighted by Gasteiger charge is -2.44. The average Bonchev–Trinajstić information content (AvgIpc) is 2.46. The molecule has 1 heterocycles. The Morgan fingerprint density at radius 1 is 1.37 bits per heavy atom. The number of ketones is 1. The van der Waals surface area contributed by atoms with E-state index in [2.05, 4.69) is 0 Å². The molecule has 2 aliphatic rings. The summed E-state index contributed by atoms with van der Waals surface area (Å²) in [6.45, 7) is 4.69. The van der Waals surface area contributed by atoms with Crippen molar-refractivity contribution in [3.8, 4) is 0 Å². The van der Waals surface area contributed by atoms with Crippen molar-refractivity contribution in [3.05, 3.63) is 0 Å². The van der Waals surface area contributed by atoms with E-state index in [1.165, 1.54) is 19.3 Å². The maximum absolute atomic E-state index is 12.7. The Morgan fingerprint density at radius 3 is 2.63 bits per heavy atom. The first-order chi connectivity index (χ1) is 9.05. The highest BCUT2D eigenvalue weighted by molar-refractivity contribution is 5.89. The molecular weight excluding hydrogens is 240 g/mol. The first-order valence-electron chi connectivity index (χ1n) is 7.79. The maximum atomic E-state index is 12.7. The number of ether oxygens (including phenoxy) is 2. The van der Waals surface area contributed by atoms with Crippen molar-refractivity contribution in [1.82, 2.24) is 0 Å². The molecule has 1 aliphatic carbocycles. The minimum atomic E-state index is -0.613. The van der Waals surface area contributed by atoms with Crippen LogP contribution in [-0.2, 0) is 14.3 Å². The van der Waals surface area contributed by atoms with Crippen molar-refractivity contribution < 1.29 is 14.3 Å². The fourth-order valence-corrected chi connectivity index (χ4v) is 3.65. The van der Waals surface area contributed by atoms with Crippen LogP contribution in [0.4, 0.5) is 0 Å². The van der Waals surface area contributed by atoms with Crippen LogP contribution in [0.3, 0.4) is 0 Å². The van der Waals surface area contributed by atoms with Gasteiger partial charge in [-0.25, -0.2) is 0 Å². The zero-order valence-corrected chi connectivity index (χ0v) is 12.7. The summed E-state index contributed by atoms with van der Waals surface area (Å²) in [6, 6.07) is 0. The second kappa shape index (κ2) is 5.92. The van der Waals surface area contributed by atoms with E-state index in [9.17, 15) is 4.79 Å². The Bertz CT molecular complexity index is 308. The van der Waals surface area contributed by atoms with Crippen molar-refractivity contribution >= 4 is 5.78 Å². The normalized spacial score (nSPS) is 29.9. The van der Waals surface area contributed by atoms with Gasteiger partial charge in [0.15, 0.2) is 5.78 Å². The van der Waals surface area contributed by atoms with Crippen LogP contribution >= 0.6 is 0 Å². The molecule has 0 bridgehead atoms. The molecule has 0 radical (unpaired) electrons. The number of carbonyl (C=O) groups is 1. The lowest BCUT2D eigenvalue weighted by molar-refractivity contribution is -0.159. The monoisotopic (exact) mass is 268 g/mol. The van der Waals surface area contributed by atoms with E-state index in [4.69, 9.17) is 9.47 Å². The fraction of sp³-hybridized carbons (Fsp3) is 0.938. The van der Waals surface area contributed by atoms with E-state index < -0.39 is 5.60 Å². The van der Waals surface area contributed by atoms with Crippen LogP contribution in [0.15, 0.2) is 0 Å². The van der Waals surface area contributed by atoms with Crippen LogP contribution in [-0.4, -0.2) is 30.7 Å². The second-order valence-electron chi connectivity index (χ2n) is 6.43. The molecule has 2 fully saturated rings. The Hall–Kier alpha value is -0.410. The van der Waals surface area contributed by atoms with Crippen LogP contribution in [0.5, 0.6) is 0 Å². The van der Waals surface area contributed by atoms with Crippen molar-refractivity contribution in [2.75, 3.05) is 13.7 Å². The van der Waals surface area contributed by atoms with Gasteiger partial charge in [-0.1, -0.05) is 26.2 Å². The highest BCUT2D eigenvalue weighted by Crippen LogP contribution is 2.42. The summed E-state index contributed by atoms with van der Waals surface area (Å²) in [6.07, 6.45) is 8.58. The van der Waals surface area contributed by atoms with E-state index >= 15 is 0 Å². The number of carbonyl (C=O) groups excluding carboxylic acids is 1. The quantitative estimate of drug-likeness (QED) is 0.783. The predicted molar refractivity (Wildman–Crippen MR) is 75.2 cm³/mol. The molecule has 0 N–H and O–H groups in total. The summed E-state index contributed by atoms with van der Waals surface area (Å²) in [7, 11) is 1.65. The van der Waals surface area contributed by atoms with Gasteiger partial charge in [0, 0.05) is 19.6 Å². The van der Waals surface area contributed by atoms with Gasteiger partial charge in [-0.05, 0) is 39.0 Å². The standard InChI is InChI=1S/C16H28O3/c1-4-15(2,18-3)14(17)13-8-11-19-16(12-13)9-6-5-7-10-16/h13H,4-12H2,1-3H3. The van der Waals surface area contributed by atoms with Gasteiger partial charge in [-0.2, -0.15) is 0 Å². The average molecular weight is 268 g/mol. The molecule has 1 aliphatic heterocycles. The van der Waals surface area contributed by atoms with Crippen molar-refractivity contribution in [2.24, 2.45) is 5.92 Å². The lowest BCUT2D eigenvalue weighted by Crippen LogP contribution is -2.48. The molecular formula is C16H28O3. The summed E-state index contributed by atoms with van der Waals surface area (Å²) in [5, 5.41) is 0. The largest absolute Gasteiger partial charge is 0.375 e. The summed E-state index contributed by atoms with van der Waals surface area (Å²) in [4.78, 5) is 12.7. The van der Waals surface area contributed by atoms with Crippen molar-refractivity contribution in [3.63, 3.8) is 0 Å². The molecule has 1 saturated heterocycles. The molecule has 0 aromatic rings. The lowest BCUT2D eigenvalue weighted by atomic mass is 9.72. The van der Waals surface area contributed by atoms with Crippen LogP contribution < -0.4 is 0 Å². The molecule has 2 unspecified atom stereocenters. The molecule has 1 spiro atoms. The highest BCUT2D eigenvalue weighted by atomic mass is 16.5. The van der Waals surface area contributed by atoms with E-state index in [0.717, 1.165) is 38.7 Å². The first kappa shape index (κ1) is 15.0. The number of Topliss-reactive ketones (excluding diaryl/α,β-unsaturated/α-hetero) is 1. The topological polar surface area (TPSA) is 35.5 Å². The third kappa shape index (κ3) is 3.03. The van der Waals surface area contributed by atoms with Gasteiger partial charge in [0.2, 0.25) is 0 Å². The molecule has 1 saturated carbocycles. The van der Waals surface area contributed by atoms with E-state index in [-0.39, 0.29) is 17.3 Å². The van der Waals surface area contributed by atoms with Crippen molar-refractivity contribution in [2.45, 2.75) is 76.4 Å². The van der Waals surface area contributed by atoms with Crippen LogP contribution in [0.1, 0.15) is 65.2 Å². The van der Waals surface area contributed by atoms with Gasteiger partial charge < -0.3 is 9.47 Å². The summed E-state index contributed by atoms with van der Waals surface area (Å²) in [5.41, 5.74) is -0.614. The Labute approximate surface area is 117 Å². The minimum Gasteiger partial charge on any atom is -0.375 e. The van der Waals surface area contributed by atoms with E-state index in [0.29, 0.717) is 0 Å². The molecule has 3 heteroatoms. The van der Waals surface area contributed by atoms with Gasteiger partial charge in [0.1, 0.15) is 5.60 Å². The molecule has 110 valence electrons. The number of methoxy groups -OCH3 is 1. The molecule has 0 amide bonds. The van der Waals surface area contributed by atoms with Crippen LogP contribution in [0.2, 0.25) is 0 Å². The number of rotatable bonds is 4. The van der Waals surface area contributed by atoms with Crippen molar-refractivity contribution in [1.29, 1.82) is 0 Å². The summed E-state index contributed by atoms with van der Waals surface area (Å²) >= 11 is 0. The van der Waals surface area contributed by atoms with E-state index in [1.807, 2.05) is 13.8 Å². The predicted octanol–water partition coefficient (Wildman–Crippen LogP) is 3.50. The highest BCUT2D eigenvalue weighted by Gasteiger charge is 2.44.